The molecule has 3 N–H and O–H groups in total. The second-order valence-corrected chi connectivity index (χ2v) is 7.96. The highest BCUT2D eigenvalue weighted by Crippen LogP contribution is 2.35. The van der Waals surface area contributed by atoms with E-state index in [1.165, 1.54) is 24.8 Å². The summed E-state index contributed by atoms with van der Waals surface area (Å²) in [5, 5.41) is 4.39. The van der Waals surface area contributed by atoms with E-state index in [1.807, 2.05) is 6.07 Å². The topological polar surface area (TPSA) is 70.3 Å². The summed E-state index contributed by atoms with van der Waals surface area (Å²) < 4.78 is 0. The van der Waals surface area contributed by atoms with Crippen LogP contribution >= 0.6 is 0 Å². The molecule has 2 fully saturated rings. The Bertz CT molecular complexity index is 991. The van der Waals surface area contributed by atoms with Crippen LogP contribution < -0.4 is 20.9 Å². The number of nitrogens with zero attached hydrogens (tertiary/aromatic N) is 4. The fourth-order valence-corrected chi connectivity index (χ4v) is 4.41. The molecule has 0 amide bonds. The first-order valence-electron chi connectivity index (χ1n) is 10.7. The van der Waals surface area contributed by atoms with E-state index in [-0.39, 0.29) is 0 Å². The van der Waals surface area contributed by atoms with E-state index in [2.05, 4.69) is 51.5 Å². The van der Waals surface area contributed by atoms with E-state index in [0.29, 0.717) is 0 Å². The van der Waals surface area contributed by atoms with Crippen molar-refractivity contribution < 1.29 is 0 Å². The Morgan fingerprint density at radius 1 is 0.793 bits per heavy atom. The van der Waals surface area contributed by atoms with Crippen LogP contribution in [0.15, 0.2) is 42.5 Å². The molecule has 4 heterocycles. The van der Waals surface area contributed by atoms with Gasteiger partial charge in [0.25, 0.3) is 0 Å². The molecule has 2 saturated heterocycles. The summed E-state index contributed by atoms with van der Waals surface area (Å²) in [7, 11) is 0. The molecule has 150 valence electrons. The van der Waals surface area contributed by atoms with Crippen LogP contribution in [0.5, 0.6) is 0 Å². The highest BCUT2D eigenvalue weighted by Gasteiger charge is 2.21. The average Bonchev–Trinajstić information content (AvgIpc) is 2.79. The Hall–Kier alpha value is -2.86. The Labute approximate surface area is 171 Å². The molecular formula is C23H28N6. The number of hydrogen-bond acceptors (Lipinski definition) is 6. The van der Waals surface area contributed by atoms with Gasteiger partial charge in [-0.15, -0.1) is 0 Å². The fraction of sp³-hybridized carbons (Fsp3) is 0.391. The highest BCUT2D eigenvalue weighted by atomic mass is 15.3. The molecule has 6 nitrogen and oxygen atoms in total. The van der Waals surface area contributed by atoms with Crippen molar-refractivity contribution in [1.82, 2.24) is 15.3 Å². The summed E-state index contributed by atoms with van der Waals surface area (Å²) in [5.41, 5.74) is 10.3. The number of fused-ring (bicyclic) bond motifs is 1. The lowest BCUT2D eigenvalue weighted by Crippen LogP contribution is -2.44. The number of nitrogens with one attached hydrogen (secondary N) is 1. The molecule has 0 radical (unpaired) electrons. The first-order chi connectivity index (χ1) is 14.3. The van der Waals surface area contributed by atoms with Crippen LogP contribution in [0.1, 0.15) is 19.3 Å². The summed E-state index contributed by atoms with van der Waals surface area (Å²) in [6.45, 7) is 5.86. The minimum atomic E-state index is 0.728. The van der Waals surface area contributed by atoms with Crippen molar-refractivity contribution in [3.63, 3.8) is 0 Å². The van der Waals surface area contributed by atoms with Gasteiger partial charge in [-0.1, -0.05) is 30.3 Å². The van der Waals surface area contributed by atoms with Crippen LogP contribution in [-0.2, 0) is 0 Å². The van der Waals surface area contributed by atoms with E-state index < -0.39 is 0 Å². The van der Waals surface area contributed by atoms with Crippen LogP contribution in [0.2, 0.25) is 0 Å². The number of benzene rings is 1. The third kappa shape index (κ3) is 3.60. The highest BCUT2D eigenvalue weighted by molar-refractivity contribution is 5.91. The van der Waals surface area contributed by atoms with Gasteiger partial charge in [-0.2, -0.15) is 0 Å². The lowest BCUT2D eigenvalue weighted by Gasteiger charge is -2.31. The Kier molecular flexibility index (Phi) is 4.94. The Balaban J connectivity index is 1.65. The molecule has 0 atom stereocenters. The number of rotatable bonds is 3. The van der Waals surface area contributed by atoms with Crippen molar-refractivity contribution in [2.24, 2.45) is 0 Å². The third-order valence-electron chi connectivity index (χ3n) is 5.95. The molecule has 0 saturated carbocycles. The van der Waals surface area contributed by atoms with E-state index in [9.17, 15) is 0 Å². The predicted molar refractivity (Wildman–Crippen MR) is 121 cm³/mol. The molecule has 0 aliphatic carbocycles. The van der Waals surface area contributed by atoms with Gasteiger partial charge in [-0.3, -0.25) is 0 Å². The van der Waals surface area contributed by atoms with Crippen LogP contribution in [0.3, 0.4) is 0 Å². The third-order valence-corrected chi connectivity index (χ3v) is 5.95. The number of pyridine rings is 2. The van der Waals surface area contributed by atoms with Gasteiger partial charge in [0.15, 0.2) is 11.5 Å². The van der Waals surface area contributed by atoms with Crippen LogP contribution in [-0.4, -0.2) is 49.2 Å². The van der Waals surface area contributed by atoms with Crippen molar-refractivity contribution in [3.8, 4) is 11.1 Å². The zero-order valence-corrected chi connectivity index (χ0v) is 16.8. The lowest BCUT2D eigenvalue weighted by atomic mass is 10.0. The van der Waals surface area contributed by atoms with E-state index in [1.54, 1.807) is 0 Å². The van der Waals surface area contributed by atoms with Gasteiger partial charge in [-0.25, -0.2) is 9.97 Å². The molecule has 2 aliphatic rings. The van der Waals surface area contributed by atoms with E-state index in [4.69, 9.17) is 15.7 Å². The molecule has 29 heavy (non-hydrogen) atoms. The quantitative estimate of drug-likeness (QED) is 0.718. The summed E-state index contributed by atoms with van der Waals surface area (Å²) in [4.78, 5) is 14.7. The SMILES string of the molecule is Nc1cc2cc(-c3ccccc3)c(N3CCCCC3)nc2nc1N1CCNCC1. The zero-order valence-electron chi connectivity index (χ0n) is 16.8. The van der Waals surface area contributed by atoms with Gasteiger partial charge in [0.2, 0.25) is 0 Å². The van der Waals surface area contributed by atoms with Crippen molar-refractivity contribution in [2.75, 3.05) is 54.8 Å². The van der Waals surface area contributed by atoms with E-state index >= 15 is 0 Å². The molecule has 3 aromatic rings. The Morgan fingerprint density at radius 3 is 2.24 bits per heavy atom. The summed E-state index contributed by atoms with van der Waals surface area (Å²) in [5.74, 6) is 1.91. The summed E-state index contributed by atoms with van der Waals surface area (Å²) in [6, 6.07) is 14.8. The molecular weight excluding hydrogens is 360 g/mol. The number of nitrogens with two attached hydrogens (primary N) is 1. The number of piperidine rings is 1. The number of hydrogen-bond donors (Lipinski definition) is 2. The van der Waals surface area contributed by atoms with Gasteiger partial charge in [0, 0.05) is 50.2 Å². The van der Waals surface area contributed by atoms with Gasteiger partial charge in [-0.05, 0) is 37.0 Å². The maximum atomic E-state index is 6.42. The van der Waals surface area contributed by atoms with Gasteiger partial charge < -0.3 is 20.9 Å². The van der Waals surface area contributed by atoms with Gasteiger partial charge in [0.1, 0.15) is 5.82 Å². The minimum Gasteiger partial charge on any atom is -0.396 e. The number of anilines is 3. The Morgan fingerprint density at radius 2 is 1.48 bits per heavy atom. The van der Waals surface area contributed by atoms with Crippen molar-refractivity contribution in [3.05, 3.63) is 42.5 Å². The monoisotopic (exact) mass is 388 g/mol. The molecule has 5 rings (SSSR count). The number of piperazine rings is 1. The van der Waals surface area contributed by atoms with Crippen molar-refractivity contribution in [2.45, 2.75) is 19.3 Å². The molecule has 0 spiro atoms. The zero-order chi connectivity index (χ0) is 19.6. The van der Waals surface area contributed by atoms with Crippen molar-refractivity contribution in [1.29, 1.82) is 0 Å². The molecule has 6 heteroatoms. The number of aromatic nitrogens is 2. The minimum absolute atomic E-state index is 0.728. The van der Waals surface area contributed by atoms with E-state index in [0.717, 1.165) is 73.2 Å². The maximum Gasteiger partial charge on any atom is 0.164 e. The summed E-state index contributed by atoms with van der Waals surface area (Å²) >= 11 is 0. The van der Waals surface area contributed by atoms with Gasteiger partial charge >= 0.3 is 0 Å². The first-order valence-corrected chi connectivity index (χ1v) is 10.7. The lowest BCUT2D eigenvalue weighted by molar-refractivity contribution is 0.574. The van der Waals surface area contributed by atoms with Crippen LogP contribution in [0.25, 0.3) is 22.2 Å². The molecule has 0 bridgehead atoms. The van der Waals surface area contributed by atoms with Crippen LogP contribution in [0.4, 0.5) is 17.3 Å². The molecule has 1 aromatic carbocycles. The molecule has 2 aliphatic heterocycles. The normalized spacial score (nSPS) is 17.7. The number of nitrogen functional groups attached to an aromatic ring is 1. The molecule has 0 unspecified atom stereocenters. The summed E-state index contributed by atoms with van der Waals surface area (Å²) in [6.07, 6.45) is 3.73. The first kappa shape index (κ1) is 18.2. The second-order valence-electron chi connectivity index (χ2n) is 7.96. The van der Waals surface area contributed by atoms with Gasteiger partial charge in [0.05, 0.1) is 5.69 Å². The fourth-order valence-electron chi connectivity index (χ4n) is 4.41. The predicted octanol–water partition coefficient (Wildman–Crippen LogP) is 3.28. The van der Waals surface area contributed by atoms with Crippen LogP contribution in [0, 0.1) is 0 Å². The van der Waals surface area contributed by atoms with Crippen molar-refractivity contribution >= 4 is 28.4 Å². The standard InChI is InChI=1S/C23H28N6/c24-20-16-18-15-19(17-7-3-1-4-8-17)22(28-11-5-2-6-12-28)26-21(18)27-23(20)29-13-9-25-10-14-29/h1,3-4,7-8,15-16,25H,2,5-6,9-14,24H2. The molecule has 2 aromatic heterocycles. The smallest absolute Gasteiger partial charge is 0.164 e. The average molecular weight is 389 g/mol. The largest absolute Gasteiger partial charge is 0.396 e. The second kappa shape index (κ2) is 7.87. The maximum absolute atomic E-state index is 6.42.